The van der Waals surface area contributed by atoms with E-state index in [1.807, 2.05) is 6.92 Å². The molecule has 1 heterocycles. The van der Waals surface area contributed by atoms with Gasteiger partial charge < -0.3 is 9.64 Å². The highest BCUT2D eigenvalue weighted by Gasteiger charge is 2.34. The third kappa shape index (κ3) is 4.42. The van der Waals surface area contributed by atoms with Crippen LogP contribution in [0.15, 0.2) is 0 Å². The third-order valence-corrected chi connectivity index (χ3v) is 6.51. The molecule has 5 nitrogen and oxygen atoms in total. The van der Waals surface area contributed by atoms with Gasteiger partial charge in [0.1, 0.15) is 9.84 Å². The Morgan fingerprint density at radius 2 is 1.86 bits per heavy atom. The van der Waals surface area contributed by atoms with Crippen molar-refractivity contribution in [1.29, 1.82) is 0 Å². The van der Waals surface area contributed by atoms with Crippen molar-refractivity contribution >= 4 is 15.8 Å². The maximum absolute atomic E-state index is 11.7. The summed E-state index contributed by atoms with van der Waals surface area (Å²) in [5, 5.41) is -0.181. The zero-order chi connectivity index (χ0) is 15.5. The van der Waals surface area contributed by atoms with Crippen LogP contribution < -0.4 is 0 Å². The normalized spacial score (nSPS) is 29.2. The quantitative estimate of drug-likeness (QED) is 0.737. The molecule has 2 fully saturated rings. The van der Waals surface area contributed by atoms with Crippen LogP contribution in [0.2, 0.25) is 0 Å². The first-order valence-electron chi connectivity index (χ1n) is 8.01. The Kier molecular flexibility index (Phi) is 5.66. The minimum atomic E-state index is -2.93. The van der Waals surface area contributed by atoms with Gasteiger partial charge in [0, 0.05) is 12.3 Å². The molecule has 6 heteroatoms. The number of ether oxygens (including phenoxy) is 1. The predicted octanol–water partition coefficient (Wildman–Crippen LogP) is 1.62. The minimum absolute atomic E-state index is 0.0236. The number of esters is 1. The summed E-state index contributed by atoms with van der Waals surface area (Å²) in [4.78, 5) is 14.1. The molecule has 0 bridgehead atoms. The van der Waals surface area contributed by atoms with E-state index < -0.39 is 9.84 Å². The molecule has 0 N–H and O–H groups in total. The first-order valence-corrected chi connectivity index (χ1v) is 9.96. The van der Waals surface area contributed by atoms with Crippen molar-refractivity contribution in [3.63, 3.8) is 0 Å². The molecule has 21 heavy (non-hydrogen) atoms. The molecule has 122 valence electrons. The second kappa shape index (κ2) is 7.09. The van der Waals surface area contributed by atoms with Gasteiger partial charge in [-0.15, -0.1) is 0 Å². The maximum Gasteiger partial charge on any atom is 0.309 e. The first-order chi connectivity index (χ1) is 9.91. The second-order valence-electron chi connectivity index (χ2n) is 6.33. The van der Waals surface area contributed by atoms with Crippen LogP contribution in [0.3, 0.4) is 0 Å². The average Bonchev–Trinajstić information content (AvgIpc) is 2.47. The Balaban J connectivity index is 1.86. The fourth-order valence-corrected chi connectivity index (χ4v) is 4.77. The molecule has 2 aliphatic rings. The van der Waals surface area contributed by atoms with Crippen molar-refractivity contribution in [3.8, 4) is 0 Å². The number of rotatable bonds is 4. The Morgan fingerprint density at radius 1 is 1.19 bits per heavy atom. The van der Waals surface area contributed by atoms with Crippen LogP contribution in [-0.4, -0.2) is 56.5 Å². The summed E-state index contributed by atoms with van der Waals surface area (Å²) in [7, 11) is -2.93. The lowest BCUT2D eigenvalue weighted by Gasteiger charge is -2.40. The van der Waals surface area contributed by atoms with Crippen molar-refractivity contribution in [3.05, 3.63) is 0 Å². The first kappa shape index (κ1) is 16.7. The Morgan fingerprint density at radius 3 is 2.43 bits per heavy atom. The van der Waals surface area contributed by atoms with E-state index in [0.717, 1.165) is 51.6 Å². The van der Waals surface area contributed by atoms with Gasteiger partial charge in [-0.3, -0.25) is 4.79 Å². The van der Waals surface area contributed by atoms with E-state index in [4.69, 9.17) is 4.74 Å². The summed E-state index contributed by atoms with van der Waals surface area (Å²) in [6.45, 7) is 4.04. The number of piperidine rings is 1. The van der Waals surface area contributed by atoms with Crippen LogP contribution in [0.1, 0.15) is 45.4 Å². The largest absolute Gasteiger partial charge is 0.466 e. The zero-order valence-corrected chi connectivity index (χ0v) is 13.9. The van der Waals surface area contributed by atoms with Gasteiger partial charge in [0.25, 0.3) is 0 Å². The monoisotopic (exact) mass is 317 g/mol. The number of carbonyl (C=O) groups is 1. The number of hydrogen-bond donors (Lipinski definition) is 0. The van der Waals surface area contributed by atoms with Crippen molar-refractivity contribution in [2.24, 2.45) is 5.92 Å². The molecule has 2 atom stereocenters. The van der Waals surface area contributed by atoms with Gasteiger partial charge in [0.2, 0.25) is 0 Å². The van der Waals surface area contributed by atoms with Crippen LogP contribution in [-0.2, 0) is 19.4 Å². The molecule has 1 aliphatic heterocycles. The molecule has 2 rings (SSSR count). The van der Waals surface area contributed by atoms with E-state index in [9.17, 15) is 13.2 Å². The number of sulfone groups is 1. The molecule has 2 unspecified atom stereocenters. The van der Waals surface area contributed by atoms with E-state index in [2.05, 4.69) is 4.90 Å². The summed E-state index contributed by atoms with van der Waals surface area (Å²) >= 11 is 0. The van der Waals surface area contributed by atoms with Gasteiger partial charge in [-0.25, -0.2) is 8.42 Å². The van der Waals surface area contributed by atoms with E-state index in [1.54, 1.807) is 0 Å². The van der Waals surface area contributed by atoms with Crippen molar-refractivity contribution in [2.45, 2.75) is 56.7 Å². The number of likely N-dealkylation sites (tertiary alicyclic amines) is 1. The number of carbonyl (C=O) groups excluding carboxylic acids is 1. The van der Waals surface area contributed by atoms with Crippen molar-refractivity contribution < 1.29 is 17.9 Å². The van der Waals surface area contributed by atoms with Crippen LogP contribution in [0, 0.1) is 5.92 Å². The maximum atomic E-state index is 11.7. The molecule has 0 radical (unpaired) electrons. The predicted molar refractivity (Wildman–Crippen MR) is 81.8 cm³/mol. The molecule has 0 aromatic carbocycles. The summed E-state index contributed by atoms with van der Waals surface area (Å²) in [5.41, 5.74) is 0. The zero-order valence-electron chi connectivity index (χ0n) is 13.1. The van der Waals surface area contributed by atoms with E-state index in [1.165, 1.54) is 6.26 Å². The van der Waals surface area contributed by atoms with Crippen LogP contribution in [0.4, 0.5) is 0 Å². The van der Waals surface area contributed by atoms with Crippen LogP contribution >= 0.6 is 0 Å². The summed E-state index contributed by atoms with van der Waals surface area (Å²) in [6.07, 6.45) is 6.64. The highest BCUT2D eigenvalue weighted by atomic mass is 32.2. The van der Waals surface area contributed by atoms with Gasteiger partial charge in [-0.1, -0.05) is 6.42 Å². The minimum Gasteiger partial charge on any atom is -0.466 e. The van der Waals surface area contributed by atoms with Gasteiger partial charge in [0.15, 0.2) is 0 Å². The lowest BCUT2D eigenvalue weighted by molar-refractivity contribution is -0.149. The SMILES string of the molecule is CCOC(=O)C1CCN(C2CCCC(S(C)(=O)=O)C2)CC1. The van der Waals surface area contributed by atoms with Crippen LogP contribution in [0.25, 0.3) is 0 Å². The molecule has 1 aliphatic carbocycles. The molecule has 1 saturated heterocycles. The van der Waals surface area contributed by atoms with Gasteiger partial charge in [-0.05, 0) is 52.1 Å². The highest BCUT2D eigenvalue weighted by molar-refractivity contribution is 7.91. The smallest absolute Gasteiger partial charge is 0.309 e. The van der Waals surface area contributed by atoms with Crippen LogP contribution in [0.5, 0.6) is 0 Å². The van der Waals surface area contributed by atoms with Crippen molar-refractivity contribution in [2.75, 3.05) is 26.0 Å². The number of nitrogens with zero attached hydrogens (tertiary/aromatic N) is 1. The van der Waals surface area contributed by atoms with Gasteiger partial charge >= 0.3 is 5.97 Å². The summed E-state index contributed by atoms with van der Waals surface area (Å²) in [5.74, 6) is -0.0506. The Hall–Kier alpha value is -0.620. The fourth-order valence-electron chi connectivity index (χ4n) is 3.60. The lowest BCUT2D eigenvalue weighted by atomic mass is 9.90. The molecule has 0 amide bonds. The molecule has 0 aromatic rings. The molecule has 0 aromatic heterocycles. The Bertz CT molecular complexity index is 454. The molecular formula is C15H27NO4S. The summed E-state index contributed by atoms with van der Waals surface area (Å²) in [6, 6.07) is 0.363. The molecule has 1 saturated carbocycles. The summed E-state index contributed by atoms with van der Waals surface area (Å²) < 4.78 is 28.6. The number of hydrogen-bond acceptors (Lipinski definition) is 5. The topological polar surface area (TPSA) is 63.7 Å². The molecule has 0 spiro atoms. The van der Waals surface area contributed by atoms with E-state index in [0.29, 0.717) is 12.6 Å². The van der Waals surface area contributed by atoms with Gasteiger partial charge in [0.05, 0.1) is 17.8 Å². The van der Waals surface area contributed by atoms with E-state index >= 15 is 0 Å². The Labute approximate surface area is 127 Å². The standard InChI is InChI=1S/C15H27NO4S/c1-3-20-15(17)12-7-9-16(10-8-12)13-5-4-6-14(11-13)21(2,18)19/h12-14H,3-11H2,1-2H3. The second-order valence-corrected chi connectivity index (χ2v) is 8.66. The lowest BCUT2D eigenvalue weighted by Crippen LogP contribution is -2.46. The van der Waals surface area contributed by atoms with Crippen molar-refractivity contribution in [1.82, 2.24) is 4.90 Å². The fraction of sp³-hybridized carbons (Fsp3) is 0.933. The average molecular weight is 317 g/mol. The third-order valence-electron chi connectivity index (χ3n) is 4.87. The van der Waals surface area contributed by atoms with Gasteiger partial charge in [-0.2, -0.15) is 0 Å². The van der Waals surface area contributed by atoms with E-state index in [-0.39, 0.29) is 17.1 Å². The highest BCUT2D eigenvalue weighted by Crippen LogP contribution is 2.30. The molecular weight excluding hydrogens is 290 g/mol.